The molecule has 0 saturated carbocycles. The molecule has 0 aromatic heterocycles. The number of carbonyl (C=O) groups excluding carboxylic acids is 2. The molecule has 0 aliphatic carbocycles. The van der Waals surface area contributed by atoms with E-state index in [1.54, 1.807) is 30.3 Å². The average Bonchev–Trinajstić information content (AvgIpc) is 2.53. The molecular weight excluding hydrogens is 313 g/mol. The molecular formula is C15H17F3N2O3. The van der Waals surface area contributed by atoms with Crippen LogP contribution < -0.4 is 5.32 Å². The van der Waals surface area contributed by atoms with E-state index in [1.165, 1.54) is 4.90 Å². The molecule has 5 nitrogen and oxygen atoms in total. The van der Waals surface area contributed by atoms with Crippen LogP contribution in [0.15, 0.2) is 30.3 Å². The van der Waals surface area contributed by atoms with Gasteiger partial charge in [-0.2, -0.15) is 13.2 Å². The van der Waals surface area contributed by atoms with Crippen LogP contribution in [0, 0.1) is 0 Å². The number of benzene rings is 1. The molecule has 0 spiro atoms. The van der Waals surface area contributed by atoms with Gasteiger partial charge in [0.15, 0.2) is 5.60 Å². The second kappa shape index (κ2) is 6.57. The molecule has 1 fully saturated rings. The Morgan fingerprint density at radius 3 is 2.26 bits per heavy atom. The average molecular weight is 330 g/mol. The summed E-state index contributed by atoms with van der Waals surface area (Å²) >= 11 is 0. The summed E-state index contributed by atoms with van der Waals surface area (Å²) in [4.78, 5) is 25.0. The Hall–Kier alpha value is -2.09. The molecule has 8 heteroatoms. The largest absolute Gasteiger partial charge is 0.417 e. The summed E-state index contributed by atoms with van der Waals surface area (Å²) in [5.41, 5.74) is -2.35. The molecule has 1 aromatic rings. The molecule has 1 aliphatic heterocycles. The number of hydrogen-bond acceptors (Lipinski definition) is 3. The second-order valence-electron chi connectivity index (χ2n) is 5.46. The van der Waals surface area contributed by atoms with Gasteiger partial charge in [-0.3, -0.25) is 9.59 Å². The fourth-order valence-corrected chi connectivity index (χ4v) is 2.37. The molecule has 23 heavy (non-hydrogen) atoms. The van der Waals surface area contributed by atoms with E-state index in [9.17, 15) is 27.9 Å². The number of likely N-dealkylation sites (tertiary alicyclic amines) is 1. The van der Waals surface area contributed by atoms with Gasteiger partial charge in [-0.15, -0.1) is 0 Å². The molecule has 1 aliphatic rings. The maximum absolute atomic E-state index is 12.7. The summed E-state index contributed by atoms with van der Waals surface area (Å²) in [6.07, 6.45) is -5.83. The standard InChI is InChI=1S/C15H17F3N2O3/c16-15(17,18)14(23)6-8-20(9-7-14)12(21)10-19-13(22)11-4-2-1-3-5-11/h1-5,23H,6-10H2,(H,19,22). The third-order valence-electron chi connectivity index (χ3n) is 3.91. The lowest BCUT2D eigenvalue weighted by molar-refractivity contribution is -0.272. The topological polar surface area (TPSA) is 69.6 Å². The molecule has 0 atom stereocenters. The van der Waals surface area contributed by atoms with Crippen molar-refractivity contribution in [1.29, 1.82) is 0 Å². The Morgan fingerprint density at radius 2 is 1.74 bits per heavy atom. The number of rotatable bonds is 3. The summed E-state index contributed by atoms with van der Waals surface area (Å²) in [7, 11) is 0. The maximum atomic E-state index is 12.7. The van der Waals surface area contributed by atoms with Gasteiger partial charge in [0.1, 0.15) is 0 Å². The lowest BCUT2D eigenvalue weighted by Gasteiger charge is -2.39. The fourth-order valence-electron chi connectivity index (χ4n) is 2.37. The number of nitrogens with one attached hydrogen (secondary N) is 1. The summed E-state index contributed by atoms with van der Waals surface area (Å²) in [6, 6.07) is 8.28. The minimum absolute atomic E-state index is 0.198. The number of nitrogens with zero attached hydrogens (tertiary/aromatic N) is 1. The highest BCUT2D eigenvalue weighted by Gasteiger charge is 2.54. The first-order chi connectivity index (χ1) is 10.7. The third kappa shape index (κ3) is 4.01. The molecule has 2 amide bonds. The Bertz CT molecular complexity index is 567. The van der Waals surface area contributed by atoms with Crippen molar-refractivity contribution in [3.63, 3.8) is 0 Å². The SMILES string of the molecule is O=C(NCC(=O)N1CCC(O)(C(F)(F)F)CC1)c1ccccc1. The number of carbonyl (C=O) groups is 2. The maximum Gasteiger partial charge on any atom is 0.417 e. The van der Waals surface area contributed by atoms with E-state index in [0.717, 1.165) is 0 Å². The quantitative estimate of drug-likeness (QED) is 0.878. The lowest BCUT2D eigenvalue weighted by Crippen LogP contribution is -2.55. The predicted octanol–water partition coefficient (Wildman–Crippen LogP) is 1.33. The highest BCUT2D eigenvalue weighted by atomic mass is 19.4. The number of amides is 2. The number of aliphatic hydroxyl groups is 1. The van der Waals surface area contributed by atoms with Crippen molar-refractivity contribution in [2.24, 2.45) is 0 Å². The zero-order chi connectivity index (χ0) is 17.1. The molecule has 2 N–H and O–H groups in total. The van der Waals surface area contributed by atoms with Gasteiger partial charge in [-0.25, -0.2) is 0 Å². The van der Waals surface area contributed by atoms with Crippen LogP contribution in [0.4, 0.5) is 13.2 Å². The molecule has 0 bridgehead atoms. The summed E-state index contributed by atoms with van der Waals surface area (Å²) < 4.78 is 38.1. The van der Waals surface area contributed by atoms with Crippen molar-refractivity contribution >= 4 is 11.8 Å². The molecule has 2 rings (SSSR count). The number of halogens is 3. The second-order valence-corrected chi connectivity index (χ2v) is 5.46. The van der Waals surface area contributed by atoms with Crippen LogP contribution in [0.2, 0.25) is 0 Å². The Kier molecular flexibility index (Phi) is 4.93. The summed E-state index contributed by atoms with van der Waals surface area (Å²) in [5.74, 6) is -0.902. The molecule has 1 saturated heterocycles. The van der Waals surface area contributed by atoms with Crippen LogP contribution in [0.25, 0.3) is 0 Å². The van der Waals surface area contributed by atoms with Gasteiger partial charge < -0.3 is 15.3 Å². The van der Waals surface area contributed by atoms with Gasteiger partial charge in [0.2, 0.25) is 5.91 Å². The number of alkyl halides is 3. The van der Waals surface area contributed by atoms with Gasteiger partial charge >= 0.3 is 6.18 Å². The van der Waals surface area contributed by atoms with E-state index in [4.69, 9.17) is 0 Å². The van der Waals surface area contributed by atoms with Crippen molar-refractivity contribution < 1.29 is 27.9 Å². The number of hydrogen-bond donors (Lipinski definition) is 2. The van der Waals surface area contributed by atoms with Crippen molar-refractivity contribution in [1.82, 2.24) is 10.2 Å². The highest BCUT2D eigenvalue weighted by molar-refractivity contribution is 5.96. The minimum Gasteiger partial charge on any atom is -0.380 e. The summed E-state index contributed by atoms with van der Waals surface area (Å²) in [6.45, 7) is -0.690. The van der Waals surface area contributed by atoms with Gasteiger partial charge in [0.05, 0.1) is 6.54 Å². The molecule has 1 aromatic carbocycles. The van der Waals surface area contributed by atoms with Crippen LogP contribution >= 0.6 is 0 Å². The Labute approximate surface area is 131 Å². The van der Waals surface area contributed by atoms with Crippen molar-refractivity contribution in [3.8, 4) is 0 Å². The van der Waals surface area contributed by atoms with Gasteiger partial charge in [-0.1, -0.05) is 18.2 Å². The number of piperidine rings is 1. The van der Waals surface area contributed by atoms with Crippen LogP contribution in [-0.2, 0) is 4.79 Å². The highest BCUT2D eigenvalue weighted by Crippen LogP contribution is 2.38. The van der Waals surface area contributed by atoms with E-state index >= 15 is 0 Å². The van der Waals surface area contributed by atoms with Gasteiger partial charge in [0.25, 0.3) is 5.91 Å². The Balaban J connectivity index is 1.83. The zero-order valence-electron chi connectivity index (χ0n) is 12.3. The van der Waals surface area contributed by atoms with E-state index in [-0.39, 0.29) is 19.6 Å². The van der Waals surface area contributed by atoms with Crippen molar-refractivity contribution in [3.05, 3.63) is 35.9 Å². The molecule has 0 unspecified atom stereocenters. The van der Waals surface area contributed by atoms with E-state index < -0.39 is 36.4 Å². The van der Waals surface area contributed by atoms with Crippen LogP contribution in [-0.4, -0.2) is 53.2 Å². The van der Waals surface area contributed by atoms with Gasteiger partial charge in [0, 0.05) is 31.5 Å². The fraction of sp³-hybridized carbons (Fsp3) is 0.467. The third-order valence-corrected chi connectivity index (χ3v) is 3.91. The first-order valence-corrected chi connectivity index (χ1v) is 7.13. The molecule has 126 valence electrons. The monoisotopic (exact) mass is 330 g/mol. The van der Waals surface area contributed by atoms with Crippen molar-refractivity contribution in [2.45, 2.75) is 24.6 Å². The van der Waals surface area contributed by atoms with Crippen LogP contribution in [0.3, 0.4) is 0 Å². The van der Waals surface area contributed by atoms with Crippen molar-refractivity contribution in [2.75, 3.05) is 19.6 Å². The first-order valence-electron chi connectivity index (χ1n) is 7.13. The first kappa shape index (κ1) is 17.3. The normalized spacial score (nSPS) is 17.7. The Morgan fingerprint density at radius 1 is 1.17 bits per heavy atom. The lowest BCUT2D eigenvalue weighted by atomic mass is 9.91. The summed E-state index contributed by atoms with van der Waals surface area (Å²) in [5, 5.41) is 12.0. The molecule has 1 heterocycles. The smallest absolute Gasteiger partial charge is 0.380 e. The zero-order valence-corrected chi connectivity index (χ0v) is 12.3. The van der Waals surface area contributed by atoms with E-state index in [0.29, 0.717) is 5.56 Å². The van der Waals surface area contributed by atoms with E-state index in [2.05, 4.69) is 5.32 Å². The van der Waals surface area contributed by atoms with Gasteiger partial charge in [-0.05, 0) is 12.1 Å². The molecule has 0 radical (unpaired) electrons. The predicted molar refractivity (Wildman–Crippen MR) is 75.6 cm³/mol. The minimum atomic E-state index is -4.70. The van der Waals surface area contributed by atoms with Crippen LogP contribution in [0.5, 0.6) is 0 Å². The van der Waals surface area contributed by atoms with Crippen LogP contribution in [0.1, 0.15) is 23.2 Å². The van der Waals surface area contributed by atoms with E-state index in [1.807, 2.05) is 0 Å².